The average molecular weight is 169 g/mol. The minimum atomic E-state index is 0.421. The normalized spacial score (nSPS) is 13.9. The molecule has 1 unspecified atom stereocenters. The number of rotatable bonds is 7. The van der Waals surface area contributed by atoms with Gasteiger partial charge in [0.15, 0.2) is 0 Å². The fourth-order valence-electron chi connectivity index (χ4n) is 1.10. The fraction of sp³-hybridized carbons (Fsp3) is 0.818. The van der Waals surface area contributed by atoms with E-state index < -0.39 is 0 Å². The van der Waals surface area contributed by atoms with E-state index in [9.17, 15) is 0 Å². The summed E-state index contributed by atoms with van der Waals surface area (Å²) in [5.74, 6) is 0. The van der Waals surface area contributed by atoms with Crippen molar-refractivity contribution in [3.8, 4) is 0 Å². The van der Waals surface area contributed by atoms with Gasteiger partial charge in [-0.1, -0.05) is 32.4 Å². The molecule has 0 rings (SSSR count). The van der Waals surface area contributed by atoms with E-state index in [0.717, 1.165) is 6.42 Å². The maximum atomic E-state index is 5.79. The highest BCUT2D eigenvalue weighted by Gasteiger charge is 1.95. The molecule has 0 fully saturated rings. The lowest BCUT2D eigenvalue weighted by Gasteiger charge is -2.05. The molecule has 0 aromatic heterocycles. The smallest absolute Gasteiger partial charge is 0.00363 e. The number of hydrogen-bond donors (Lipinski definition) is 1. The van der Waals surface area contributed by atoms with Gasteiger partial charge in [0, 0.05) is 6.04 Å². The van der Waals surface area contributed by atoms with Crippen molar-refractivity contribution < 1.29 is 0 Å². The van der Waals surface area contributed by atoms with Crippen molar-refractivity contribution >= 4 is 0 Å². The highest BCUT2D eigenvalue weighted by Crippen LogP contribution is 2.03. The third-order valence-electron chi connectivity index (χ3n) is 2.09. The van der Waals surface area contributed by atoms with Crippen LogP contribution in [0.3, 0.4) is 0 Å². The van der Waals surface area contributed by atoms with E-state index in [0.29, 0.717) is 6.04 Å². The fourth-order valence-corrected chi connectivity index (χ4v) is 1.10. The second kappa shape index (κ2) is 8.79. The van der Waals surface area contributed by atoms with Crippen LogP contribution in [0, 0.1) is 0 Å². The summed E-state index contributed by atoms with van der Waals surface area (Å²) >= 11 is 0. The minimum Gasteiger partial charge on any atom is -0.328 e. The highest BCUT2D eigenvalue weighted by atomic mass is 14.6. The van der Waals surface area contributed by atoms with Gasteiger partial charge in [0.2, 0.25) is 0 Å². The molecular weight excluding hydrogens is 146 g/mol. The van der Waals surface area contributed by atoms with E-state index in [2.05, 4.69) is 26.0 Å². The Morgan fingerprint density at radius 1 is 1.17 bits per heavy atom. The molecule has 72 valence electrons. The van der Waals surface area contributed by atoms with Gasteiger partial charge >= 0.3 is 0 Å². The zero-order chi connectivity index (χ0) is 9.23. The second-order valence-corrected chi connectivity index (χ2v) is 3.36. The summed E-state index contributed by atoms with van der Waals surface area (Å²) in [5.41, 5.74) is 5.79. The van der Waals surface area contributed by atoms with Crippen LogP contribution in [-0.4, -0.2) is 6.04 Å². The third-order valence-corrected chi connectivity index (χ3v) is 2.09. The average Bonchev–Trinajstić information content (AvgIpc) is 2.10. The lowest BCUT2D eigenvalue weighted by atomic mass is 10.1. The van der Waals surface area contributed by atoms with Gasteiger partial charge in [0.1, 0.15) is 0 Å². The zero-order valence-corrected chi connectivity index (χ0v) is 8.55. The van der Waals surface area contributed by atoms with Crippen molar-refractivity contribution in [1.29, 1.82) is 0 Å². The SMILES string of the molecule is CCC/C=C\CCCC(N)CC. The molecule has 0 bridgehead atoms. The van der Waals surface area contributed by atoms with Crippen molar-refractivity contribution in [3.05, 3.63) is 12.2 Å². The Hall–Kier alpha value is -0.300. The summed E-state index contributed by atoms with van der Waals surface area (Å²) in [6.45, 7) is 4.36. The van der Waals surface area contributed by atoms with E-state index in [1.165, 1.54) is 32.1 Å². The molecular formula is C11H23N. The maximum absolute atomic E-state index is 5.79. The molecule has 12 heavy (non-hydrogen) atoms. The number of hydrogen-bond acceptors (Lipinski definition) is 1. The van der Waals surface area contributed by atoms with Crippen LogP contribution in [0.5, 0.6) is 0 Å². The van der Waals surface area contributed by atoms with Crippen molar-refractivity contribution in [2.75, 3.05) is 0 Å². The molecule has 0 aliphatic rings. The molecule has 1 nitrogen and oxygen atoms in total. The summed E-state index contributed by atoms with van der Waals surface area (Å²) in [6.07, 6.45) is 11.8. The molecule has 1 heteroatoms. The van der Waals surface area contributed by atoms with Crippen molar-refractivity contribution in [3.63, 3.8) is 0 Å². The molecule has 0 amide bonds. The molecule has 0 saturated heterocycles. The van der Waals surface area contributed by atoms with Crippen LogP contribution in [0.1, 0.15) is 52.4 Å². The number of nitrogens with two attached hydrogens (primary N) is 1. The predicted octanol–water partition coefficient (Wildman–Crippen LogP) is 3.25. The van der Waals surface area contributed by atoms with E-state index in [4.69, 9.17) is 5.73 Å². The first-order valence-corrected chi connectivity index (χ1v) is 5.21. The van der Waals surface area contributed by atoms with Crippen LogP contribution >= 0.6 is 0 Å². The van der Waals surface area contributed by atoms with Crippen molar-refractivity contribution in [1.82, 2.24) is 0 Å². The van der Waals surface area contributed by atoms with E-state index in [-0.39, 0.29) is 0 Å². The highest BCUT2D eigenvalue weighted by molar-refractivity contribution is 4.81. The molecule has 0 aromatic carbocycles. The molecule has 2 N–H and O–H groups in total. The lowest BCUT2D eigenvalue weighted by Crippen LogP contribution is -2.17. The van der Waals surface area contributed by atoms with Crippen LogP contribution in [0.25, 0.3) is 0 Å². The van der Waals surface area contributed by atoms with Crippen LogP contribution in [0.2, 0.25) is 0 Å². The molecule has 1 atom stereocenters. The zero-order valence-electron chi connectivity index (χ0n) is 8.55. The second-order valence-electron chi connectivity index (χ2n) is 3.36. The first-order valence-electron chi connectivity index (χ1n) is 5.21. The lowest BCUT2D eigenvalue weighted by molar-refractivity contribution is 0.571. The van der Waals surface area contributed by atoms with Crippen molar-refractivity contribution in [2.24, 2.45) is 5.73 Å². The molecule has 0 saturated carbocycles. The quantitative estimate of drug-likeness (QED) is 0.459. The van der Waals surface area contributed by atoms with Gasteiger partial charge in [-0.3, -0.25) is 0 Å². The Morgan fingerprint density at radius 2 is 1.83 bits per heavy atom. The van der Waals surface area contributed by atoms with Gasteiger partial charge in [-0.25, -0.2) is 0 Å². The Kier molecular flexibility index (Phi) is 8.57. The largest absolute Gasteiger partial charge is 0.328 e. The third kappa shape index (κ3) is 7.80. The molecule has 0 aromatic rings. The topological polar surface area (TPSA) is 26.0 Å². The van der Waals surface area contributed by atoms with Gasteiger partial charge in [-0.15, -0.1) is 0 Å². The number of allylic oxidation sites excluding steroid dienone is 2. The van der Waals surface area contributed by atoms with Crippen LogP contribution in [0.15, 0.2) is 12.2 Å². The molecule has 0 heterocycles. The Balaban J connectivity index is 3.09. The standard InChI is InChI=1S/C11H23N/c1-3-5-6-7-8-9-10-11(12)4-2/h6-7,11H,3-5,8-10,12H2,1-2H3/b7-6-. The molecule has 0 radical (unpaired) electrons. The Bertz CT molecular complexity index is 108. The summed E-state index contributed by atoms with van der Waals surface area (Å²) in [6, 6.07) is 0.421. The monoisotopic (exact) mass is 169 g/mol. The Morgan fingerprint density at radius 3 is 2.42 bits per heavy atom. The predicted molar refractivity (Wildman–Crippen MR) is 56.2 cm³/mol. The van der Waals surface area contributed by atoms with Gasteiger partial charge in [0.05, 0.1) is 0 Å². The maximum Gasteiger partial charge on any atom is 0.00363 e. The first kappa shape index (κ1) is 11.7. The summed E-state index contributed by atoms with van der Waals surface area (Å²) in [4.78, 5) is 0. The van der Waals surface area contributed by atoms with Gasteiger partial charge in [-0.2, -0.15) is 0 Å². The van der Waals surface area contributed by atoms with Crippen LogP contribution < -0.4 is 5.73 Å². The van der Waals surface area contributed by atoms with Crippen LogP contribution in [-0.2, 0) is 0 Å². The van der Waals surface area contributed by atoms with Gasteiger partial charge in [-0.05, 0) is 32.1 Å². The molecule has 0 aliphatic heterocycles. The minimum absolute atomic E-state index is 0.421. The molecule has 0 aliphatic carbocycles. The summed E-state index contributed by atoms with van der Waals surface area (Å²) < 4.78 is 0. The summed E-state index contributed by atoms with van der Waals surface area (Å²) in [5, 5.41) is 0. The summed E-state index contributed by atoms with van der Waals surface area (Å²) in [7, 11) is 0. The van der Waals surface area contributed by atoms with Gasteiger partial charge < -0.3 is 5.73 Å². The van der Waals surface area contributed by atoms with E-state index in [1.807, 2.05) is 0 Å². The van der Waals surface area contributed by atoms with E-state index >= 15 is 0 Å². The van der Waals surface area contributed by atoms with E-state index in [1.54, 1.807) is 0 Å². The molecule has 0 spiro atoms. The first-order chi connectivity index (χ1) is 5.81. The number of unbranched alkanes of at least 4 members (excludes halogenated alkanes) is 2. The Labute approximate surface area is 77.0 Å². The van der Waals surface area contributed by atoms with Gasteiger partial charge in [0.25, 0.3) is 0 Å². The van der Waals surface area contributed by atoms with Crippen molar-refractivity contribution in [2.45, 2.75) is 58.4 Å². The van der Waals surface area contributed by atoms with Crippen LogP contribution in [0.4, 0.5) is 0 Å².